The van der Waals surface area contributed by atoms with Gasteiger partial charge in [-0.15, -0.1) is 11.8 Å². The minimum atomic E-state index is -1.07. The third-order valence-corrected chi connectivity index (χ3v) is 6.31. The maximum atomic E-state index is 12.9. The highest BCUT2D eigenvalue weighted by atomic mass is 32.2. The average Bonchev–Trinajstić information content (AvgIpc) is 2.95. The Hall–Kier alpha value is -2.02. The van der Waals surface area contributed by atoms with Gasteiger partial charge in [-0.1, -0.05) is 32.0 Å². The highest BCUT2D eigenvalue weighted by Gasteiger charge is 2.57. The predicted molar refractivity (Wildman–Crippen MR) is 95.2 cm³/mol. The Bertz CT molecular complexity index is 746. The molecule has 3 atom stereocenters. The van der Waals surface area contributed by atoms with E-state index in [1.807, 2.05) is 32.0 Å². The van der Waals surface area contributed by atoms with E-state index in [1.165, 1.54) is 0 Å². The summed E-state index contributed by atoms with van der Waals surface area (Å²) >= 11 is 1.56. The van der Waals surface area contributed by atoms with Crippen molar-refractivity contribution in [2.24, 2.45) is 5.92 Å². The van der Waals surface area contributed by atoms with Gasteiger partial charge in [0, 0.05) is 10.3 Å². The van der Waals surface area contributed by atoms with Crippen LogP contribution in [0.25, 0.3) is 0 Å². The molecule has 0 saturated carbocycles. The van der Waals surface area contributed by atoms with E-state index < -0.39 is 28.7 Å². The topological polar surface area (TPSA) is 86.7 Å². The summed E-state index contributed by atoms with van der Waals surface area (Å²) in [5.41, 5.74) is 1.53. The Morgan fingerprint density at radius 2 is 1.92 bits per heavy atom. The van der Waals surface area contributed by atoms with Gasteiger partial charge in [-0.3, -0.25) is 9.59 Å². The minimum absolute atomic E-state index is 0.171. The van der Waals surface area contributed by atoms with Gasteiger partial charge < -0.3 is 15.3 Å². The standard InChI is InChI=1S/C18H22N2O4S/c1-9(2)12(17(23)24)19-14(21)13-18(3,4)25-16-11-8-6-5-7-10(11)15(22)20(13)16/h5-9,12-13,16H,1-4H3,(H,19,21)(H,23,24)/t12-,13+,16-/m0/s1. The molecule has 0 radical (unpaired) electrons. The molecule has 2 heterocycles. The Balaban J connectivity index is 1.93. The third-order valence-electron chi connectivity index (χ3n) is 4.78. The zero-order valence-electron chi connectivity index (χ0n) is 14.6. The van der Waals surface area contributed by atoms with Crippen molar-refractivity contribution in [3.8, 4) is 0 Å². The van der Waals surface area contributed by atoms with Crippen LogP contribution in [0.4, 0.5) is 0 Å². The summed E-state index contributed by atoms with van der Waals surface area (Å²) in [6.07, 6.45) is 0. The second-order valence-electron chi connectivity index (χ2n) is 7.34. The molecule has 1 fully saturated rings. The monoisotopic (exact) mass is 362 g/mol. The number of amides is 2. The van der Waals surface area contributed by atoms with E-state index >= 15 is 0 Å². The number of fused-ring (bicyclic) bond motifs is 3. The second-order valence-corrected chi connectivity index (χ2v) is 9.08. The lowest BCUT2D eigenvalue weighted by Gasteiger charge is -2.31. The molecule has 7 heteroatoms. The second kappa shape index (κ2) is 6.05. The number of thioether (sulfide) groups is 1. The van der Waals surface area contributed by atoms with Crippen LogP contribution in [0.15, 0.2) is 24.3 Å². The van der Waals surface area contributed by atoms with Crippen LogP contribution in [0.3, 0.4) is 0 Å². The molecule has 0 spiro atoms. The van der Waals surface area contributed by atoms with Crippen molar-refractivity contribution in [3.63, 3.8) is 0 Å². The predicted octanol–water partition coefficient (Wildman–Crippen LogP) is 2.26. The van der Waals surface area contributed by atoms with E-state index in [1.54, 1.807) is 36.6 Å². The van der Waals surface area contributed by atoms with Gasteiger partial charge in [0.15, 0.2) is 0 Å². The van der Waals surface area contributed by atoms with Crippen molar-refractivity contribution >= 4 is 29.5 Å². The molecule has 1 saturated heterocycles. The fourth-order valence-electron chi connectivity index (χ4n) is 3.55. The number of carbonyl (C=O) groups is 3. The number of hydrogen-bond donors (Lipinski definition) is 2. The zero-order valence-corrected chi connectivity index (χ0v) is 15.5. The van der Waals surface area contributed by atoms with E-state index in [2.05, 4.69) is 5.32 Å². The highest BCUT2D eigenvalue weighted by molar-refractivity contribution is 8.01. The molecule has 0 bridgehead atoms. The number of benzene rings is 1. The van der Waals surface area contributed by atoms with Gasteiger partial charge in [-0.2, -0.15) is 0 Å². The molecule has 0 unspecified atom stereocenters. The fourth-order valence-corrected chi connectivity index (χ4v) is 5.14. The summed E-state index contributed by atoms with van der Waals surface area (Å²) in [5.74, 6) is -1.90. The molecule has 2 aliphatic rings. The quantitative estimate of drug-likeness (QED) is 0.858. The van der Waals surface area contributed by atoms with Crippen molar-refractivity contribution < 1.29 is 19.5 Å². The van der Waals surface area contributed by atoms with E-state index in [4.69, 9.17) is 0 Å². The largest absolute Gasteiger partial charge is 0.480 e. The number of nitrogens with one attached hydrogen (secondary N) is 1. The lowest BCUT2D eigenvalue weighted by molar-refractivity contribution is -0.144. The molecule has 2 N–H and O–H groups in total. The summed E-state index contributed by atoms with van der Waals surface area (Å²) in [4.78, 5) is 38.8. The van der Waals surface area contributed by atoms with Gasteiger partial charge in [0.05, 0.1) is 0 Å². The molecule has 1 aromatic rings. The molecule has 6 nitrogen and oxygen atoms in total. The number of aliphatic carboxylic acids is 1. The van der Waals surface area contributed by atoms with Crippen LogP contribution < -0.4 is 5.32 Å². The van der Waals surface area contributed by atoms with E-state index in [0.29, 0.717) is 5.56 Å². The normalized spacial score (nSPS) is 24.8. The fraction of sp³-hybridized carbons (Fsp3) is 0.500. The van der Waals surface area contributed by atoms with E-state index in [-0.39, 0.29) is 17.2 Å². The molecule has 0 aromatic heterocycles. The Labute approximate surface area is 151 Å². The summed E-state index contributed by atoms with van der Waals surface area (Å²) in [7, 11) is 0. The average molecular weight is 362 g/mol. The van der Waals surface area contributed by atoms with E-state index in [0.717, 1.165) is 5.56 Å². The van der Waals surface area contributed by atoms with Crippen molar-refractivity contribution in [2.75, 3.05) is 0 Å². The number of carboxylic acids is 1. The zero-order chi connectivity index (χ0) is 18.5. The number of hydrogen-bond acceptors (Lipinski definition) is 4. The molecule has 2 amide bonds. The van der Waals surface area contributed by atoms with Gasteiger partial charge in [0.1, 0.15) is 17.5 Å². The minimum Gasteiger partial charge on any atom is -0.480 e. The maximum Gasteiger partial charge on any atom is 0.326 e. The maximum absolute atomic E-state index is 12.9. The molecule has 2 aliphatic heterocycles. The molecule has 3 rings (SSSR count). The van der Waals surface area contributed by atoms with Crippen molar-refractivity contribution in [3.05, 3.63) is 35.4 Å². The molecular formula is C18H22N2O4S. The molecular weight excluding hydrogens is 340 g/mol. The van der Waals surface area contributed by atoms with Crippen LogP contribution in [0.1, 0.15) is 49.0 Å². The van der Waals surface area contributed by atoms with Gasteiger partial charge in [0.25, 0.3) is 5.91 Å². The molecule has 25 heavy (non-hydrogen) atoms. The van der Waals surface area contributed by atoms with Gasteiger partial charge in [-0.05, 0) is 31.4 Å². The van der Waals surface area contributed by atoms with E-state index in [9.17, 15) is 19.5 Å². The summed E-state index contributed by atoms with van der Waals surface area (Å²) in [6.45, 7) is 7.32. The van der Waals surface area contributed by atoms with Crippen LogP contribution in [0, 0.1) is 5.92 Å². The molecule has 1 aromatic carbocycles. The lowest BCUT2D eigenvalue weighted by atomic mass is 9.98. The number of carboxylic acid groups (broad SMARTS) is 1. The third kappa shape index (κ3) is 2.80. The first-order chi connectivity index (χ1) is 11.6. The van der Waals surface area contributed by atoms with Crippen LogP contribution >= 0.6 is 11.8 Å². The van der Waals surface area contributed by atoms with Crippen LogP contribution in [-0.4, -0.2) is 44.6 Å². The smallest absolute Gasteiger partial charge is 0.326 e. The Morgan fingerprint density at radius 3 is 2.52 bits per heavy atom. The first-order valence-corrected chi connectivity index (χ1v) is 9.15. The van der Waals surface area contributed by atoms with Crippen molar-refractivity contribution in [2.45, 2.75) is 49.9 Å². The number of carbonyl (C=O) groups excluding carboxylic acids is 2. The molecule has 0 aliphatic carbocycles. The summed E-state index contributed by atoms with van der Waals surface area (Å²) in [6, 6.07) is 5.68. The number of nitrogens with zero attached hydrogens (tertiary/aromatic N) is 1. The lowest BCUT2D eigenvalue weighted by Crippen LogP contribution is -2.56. The highest BCUT2D eigenvalue weighted by Crippen LogP contribution is 2.56. The van der Waals surface area contributed by atoms with Gasteiger partial charge in [-0.25, -0.2) is 4.79 Å². The SMILES string of the molecule is CC(C)[C@H](NC(=O)[C@H]1N2C(=O)c3ccccc3[C@@H]2SC1(C)C)C(=O)O. The first-order valence-electron chi connectivity index (χ1n) is 8.27. The van der Waals surface area contributed by atoms with Gasteiger partial charge in [0.2, 0.25) is 5.91 Å². The summed E-state index contributed by atoms with van der Waals surface area (Å²) in [5, 5.41) is 11.8. The summed E-state index contributed by atoms with van der Waals surface area (Å²) < 4.78 is -0.516. The van der Waals surface area contributed by atoms with Crippen LogP contribution in [0.5, 0.6) is 0 Å². The Morgan fingerprint density at radius 1 is 1.28 bits per heavy atom. The Kier molecular flexibility index (Phi) is 4.31. The van der Waals surface area contributed by atoms with Gasteiger partial charge >= 0.3 is 5.97 Å². The molecule has 134 valence electrons. The first kappa shape index (κ1) is 17.8. The van der Waals surface area contributed by atoms with Crippen LogP contribution in [-0.2, 0) is 9.59 Å². The van der Waals surface area contributed by atoms with Crippen molar-refractivity contribution in [1.82, 2.24) is 10.2 Å². The van der Waals surface area contributed by atoms with Crippen LogP contribution in [0.2, 0.25) is 0 Å². The number of rotatable bonds is 4. The van der Waals surface area contributed by atoms with Crippen molar-refractivity contribution in [1.29, 1.82) is 0 Å².